The minimum atomic E-state index is -0.454. The summed E-state index contributed by atoms with van der Waals surface area (Å²) in [5, 5.41) is 0. The van der Waals surface area contributed by atoms with Gasteiger partial charge in [0.05, 0.1) is 24.3 Å². The highest BCUT2D eigenvalue weighted by molar-refractivity contribution is 7.12. The number of aryl methyl sites for hydroxylation is 2. The molecule has 0 bridgehead atoms. The molecule has 0 unspecified atom stereocenters. The molecule has 0 amide bonds. The van der Waals surface area contributed by atoms with Crippen LogP contribution in [-0.2, 0) is 9.47 Å². The van der Waals surface area contributed by atoms with Crippen LogP contribution in [0.15, 0.2) is 0 Å². The number of rotatable bonds is 4. The van der Waals surface area contributed by atoms with E-state index >= 15 is 0 Å². The molecule has 0 saturated carbocycles. The third-order valence-electron chi connectivity index (χ3n) is 2.94. The summed E-state index contributed by atoms with van der Waals surface area (Å²) >= 11 is 1.42. The highest BCUT2D eigenvalue weighted by atomic mass is 32.1. The van der Waals surface area contributed by atoms with E-state index in [1.165, 1.54) is 11.3 Å². The Morgan fingerprint density at radius 2 is 1.09 bits per heavy atom. The number of hydrogen-bond acceptors (Lipinski definition) is 5. The van der Waals surface area contributed by atoms with Crippen molar-refractivity contribution in [1.29, 1.82) is 0 Å². The lowest BCUT2D eigenvalue weighted by molar-refractivity contribution is 0.0323. The van der Waals surface area contributed by atoms with Crippen LogP contribution in [0.1, 0.15) is 72.0 Å². The van der Waals surface area contributed by atoms with E-state index in [0.717, 1.165) is 9.75 Å². The van der Waals surface area contributed by atoms with E-state index in [4.69, 9.17) is 9.47 Å². The van der Waals surface area contributed by atoms with E-state index < -0.39 is 11.9 Å². The third-order valence-corrected chi connectivity index (χ3v) is 3.96. The number of carbonyl (C=O) groups is 2. The van der Waals surface area contributed by atoms with Crippen LogP contribution in [0.5, 0.6) is 0 Å². The molecule has 0 aliphatic carbocycles. The topological polar surface area (TPSA) is 52.6 Å². The standard InChI is InChI=1S/C18H28O4S/c1-11-13(15(19)21-9-17(3,4)5)14(12(2)23-11)16(20)22-10-18(6,7)8/h9-10H2,1-8H3. The van der Waals surface area contributed by atoms with E-state index in [-0.39, 0.29) is 10.8 Å². The number of hydrogen-bond donors (Lipinski definition) is 0. The Kier molecular flexibility index (Phi) is 6.02. The predicted molar refractivity (Wildman–Crippen MR) is 93.3 cm³/mol. The molecule has 0 radical (unpaired) electrons. The number of thiophene rings is 1. The second kappa shape index (κ2) is 7.04. The lowest BCUT2D eigenvalue weighted by Gasteiger charge is -2.19. The summed E-state index contributed by atoms with van der Waals surface area (Å²) in [6.07, 6.45) is 0. The van der Waals surface area contributed by atoms with Crippen LogP contribution in [0.3, 0.4) is 0 Å². The van der Waals surface area contributed by atoms with Crippen molar-refractivity contribution < 1.29 is 19.1 Å². The number of esters is 2. The Labute approximate surface area is 143 Å². The van der Waals surface area contributed by atoms with Crippen LogP contribution in [0.4, 0.5) is 0 Å². The van der Waals surface area contributed by atoms with Gasteiger partial charge in [-0.15, -0.1) is 11.3 Å². The fraction of sp³-hybridized carbons (Fsp3) is 0.667. The molecule has 1 rings (SSSR count). The SMILES string of the molecule is Cc1sc(C)c(C(=O)OCC(C)(C)C)c1C(=O)OCC(C)(C)C. The van der Waals surface area contributed by atoms with Crippen molar-refractivity contribution in [1.82, 2.24) is 0 Å². The number of carbonyl (C=O) groups excluding carboxylic acids is 2. The summed E-state index contributed by atoms with van der Waals surface area (Å²) in [5.41, 5.74) is 0.439. The van der Waals surface area contributed by atoms with Crippen molar-refractivity contribution in [3.05, 3.63) is 20.9 Å². The Morgan fingerprint density at radius 3 is 1.35 bits per heavy atom. The second-order valence-electron chi connectivity index (χ2n) is 8.24. The quantitative estimate of drug-likeness (QED) is 0.741. The largest absolute Gasteiger partial charge is 0.461 e. The van der Waals surface area contributed by atoms with Crippen molar-refractivity contribution in [2.75, 3.05) is 13.2 Å². The monoisotopic (exact) mass is 340 g/mol. The van der Waals surface area contributed by atoms with Crippen molar-refractivity contribution in [2.45, 2.75) is 55.4 Å². The summed E-state index contributed by atoms with van der Waals surface area (Å²) in [5.74, 6) is -0.908. The van der Waals surface area contributed by atoms with Gasteiger partial charge in [-0.2, -0.15) is 0 Å². The molecule has 0 atom stereocenters. The first-order valence-corrected chi connectivity index (χ1v) is 8.58. The maximum atomic E-state index is 12.4. The minimum absolute atomic E-state index is 0.123. The first-order valence-electron chi connectivity index (χ1n) is 7.76. The zero-order valence-electron chi connectivity index (χ0n) is 15.5. The zero-order chi connectivity index (χ0) is 18.0. The van der Waals surface area contributed by atoms with Gasteiger partial charge < -0.3 is 9.47 Å². The molecular formula is C18H28O4S. The molecule has 1 aromatic heterocycles. The number of ether oxygens (including phenoxy) is 2. The van der Waals surface area contributed by atoms with Crippen molar-refractivity contribution >= 4 is 23.3 Å². The Morgan fingerprint density at radius 1 is 0.783 bits per heavy atom. The predicted octanol–water partition coefficient (Wildman–Crippen LogP) is 4.77. The van der Waals surface area contributed by atoms with Gasteiger partial charge in [0.1, 0.15) is 0 Å². The van der Waals surface area contributed by atoms with Crippen molar-refractivity contribution in [3.63, 3.8) is 0 Å². The molecule has 130 valence electrons. The van der Waals surface area contributed by atoms with E-state index in [0.29, 0.717) is 24.3 Å². The molecular weight excluding hydrogens is 312 g/mol. The average molecular weight is 340 g/mol. The lowest BCUT2D eigenvalue weighted by Crippen LogP contribution is -2.22. The smallest absolute Gasteiger partial charge is 0.340 e. The molecule has 0 aliphatic rings. The normalized spacial score (nSPS) is 12.2. The van der Waals surface area contributed by atoms with Crippen LogP contribution in [0.2, 0.25) is 0 Å². The third kappa shape index (κ3) is 5.98. The van der Waals surface area contributed by atoms with E-state index in [9.17, 15) is 9.59 Å². The molecule has 1 aromatic rings. The average Bonchev–Trinajstić information content (AvgIpc) is 2.66. The van der Waals surface area contributed by atoms with Crippen molar-refractivity contribution in [2.24, 2.45) is 10.8 Å². The molecule has 0 N–H and O–H groups in total. The van der Waals surface area contributed by atoms with Crippen LogP contribution >= 0.6 is 11.3 Å². The van der Waals surface area contributed by atoms with Gasteiger partial charge in [-0.1, -0.05) is 41.5 Å². The van der Waals surface area contributed by atoms with Crippen LogP contribution < -0.4 is 0 Å². The fourth-order valence-corrected chi connectivity index (χ4v) is 2.92. The van der Waals surface area contributed by atoms with Crippen LogP contribution in [-0.4, -0.2) is 25.2 Å². The Bertz CT molecular complexity index is 535. The molecule has 0 spiro atoms. The Balaban J connectivity index is 3.01. The van der Waals surface area contributed by atoms with Crippen LogP contribution in [0.25, 0.3) is 0 Å². The van der Waals surface area contributed by atoms with Gasteiger partial charge in [-0.05, 0) is 24.7 Å². The molecule has 4 nitrogen and oxygen atoms in total. The lowest BCUT2D eigenvalue weighted by atomic mass is 9.98. The Hall–Kier alpha value is -1.36. The van der Waals surface area contributed by atoms with Gasteiger partial charge in [-0.25, -0.2) is 9.59 Å². The summed E-state index contributed by atoms with van der Waals surface area (Å²) in [7, 11) is 0. The molecule has 0 saturated heterocycles. The molecule has 0 aliphatic heterocycles. The van der Waals surface area contributed by atoms with E-state index in [1.807, 2.05) is 55.4 Å². The summed E-state index contributed by atoms with van der Waals surface area (Å²) in [4.78, 5) is 26.4. The van der Waals surface area contributed by atoms with Gasteiger partial charge in [-0.3, -0.25) is 0 Å². The van der Waals surface area contributed by atoms with Crippen LogP contribution in [0, 0.1) is 24.7 Å². The van der Waals surface area contributed by atoms with Gasteiger partial charge >= 0.3 is 11.9 Å². The summed E-state index contributed by atoms with van der Waals surface area (Å²) < 4.78 is 10.8. The summed E-state index contributed by atoms with van der Waals surface area (Å²) in [6.45, 7) is 16.2. The van der Waals surface area contributed by atoms with Gasteiger partial charge in [0.15, 0.2) is 0 Å². The second-order valence-corrected chi connectivity index (χ2v) is 9.67. The van der Waals surface area contributed by atoms with Gasteiger partial charge in [0.25, 0.3) is 0 Å². The molecule has 0 fully saturated rings. The maximum Gasteiger partial charge on any atom is 0.340 e. The first kappa shape index (κ1) is 19.7. The van der Waals surface area contributed by atoms with E-state index in [2.05, 4.69) is 0 Å². The molecule has 1 heterocycles. The first-order chi connectivity index (χ1) is 10.3. The van der Waals surface area contributed by atoms with Gasteiger partial charge in [0, 0.05) is 9.75 Å². The maximum absolute atomic E-state index is 12.4. The van der Waals surface area contributed by atoms with E-state index in [1.54, 1.807) is 0 Å². The molecule has 23 heavy (non-hydrogen) atoms. The van der Waals surface area contributed by atoms with Crippen molar-refractivity contribution in [3.8, 4) is 0 Å². The molecule has 5 heteroatoms. The zero-order valence-corrected chi connectivity index (χ0v) is 16.3. The summed E-state index contributed by atoms with van der Waals surface area (Å²) in [6, 6.07) is 0. The molecule has 0 aromatic carbocycles. The van der Waals surface area contributed by atoms with Gasteiger partial charge in [0.2, 0.25) is 0 Å². The highest BCUT2D eigenvalue weighted by Gasteiger charge is 2.28. The highest BCUT2D eigenvalue weighted by Crippen LogP contribution is 2.30. The minimum Gasteiger partial charge on any atom is -0.461 e. The fourth-order valence-electron chi connectivity index (χ4n) is 1.88.